The Labute approximate surface area is 124 Å². The topological polar surface area (TPSA) is 65.1 Å². The lowest BCUT2D eigenvalue weighted by atomic mass is 10.2. The van der Waals surface area contributed by atoms with Gasteiger partial charge in [0.25, 0.3) is 0 Å². The largest absolute Gasteiger partial charge is 0.378 e. The van der Waals surface area contributed by atoms with Crippen LogP contribution < -0.4 is 0 Å². The molecule has 1 atom stereocenters. The number of rotatable bonds is 1. The molecule has 0 saturated carbocycles. The average molecular weight is 336 g/mol. The Hall–Kier alpha value is 0.370. The molecule has 1 fully saturated rings. The summed E-state index contributed by atoms with van der Waals surface area (Å²) in [5.74, 6) is -0.0999. The van der Waals surface area contributed by atoms with Crippen LogP contribution in [0.3, 0.4) is 0 Å². The van der Waals surface area contributed by atoms with Gasteiger partial charge in [-0.1, -0.05) is 3.94 Å². The molecule has 0 aliphatic carbocycles. The van der Waals surface area contributed by atoms with Gasteiger partial charge in [-0.3, -0.25) is 0 Å². The van der Waals surface area contributed by atoms with Crippen molar-refractivity contribution in [1.29, 1.82) is 0 Å². The van der Waals surface area contributed by atoms with Crippen molar-refractivity contribution in [3.63, 3.8) is 0 Å². The molecule has 6 nitrogen and oxygen atoms in total. The van der Waals surface area contributed by atoms with Gasteiger partial charge >= 0.3 is 0 Å². The highest BCUT2D eigenvalue weighted by Gasteiger charge is 2.33. The van der Waals surface area contributed by atoms with Gasteiger partial charge in [0.1, 0.15) is 5.72 Å². The fourth-order valence-corrected chi connectivity index (χ4v) is 3.01. The van der Waals surface area contributed by atoms with Crippen LogP contribution in [0.15, 0.2) is 0 Å². The van der Waals surface area contributed by atoms with Crippen LogP contribution in [0, 0.1) is 0 Å². The molecule has 1 saturated heterocycles. The fourth-order valence-electron chi connectivity index (χ4n) is 1.48. The summed E-state index contributed by atoms with van der Waals surface area (Å²) in [7, 11) is -3.22. The molecule has 0 N–H and O–H groups in total. The molecule has 1 heterocycles. The lowest BCUT2D eigenvalue weighted by Gasteiger charge is -2.32. The van der Waals surface area contributed by atoms with Crippen molar-refractivity contribution >= 4 is 33.4 Å². The highest BCUT2D eigenvalue weighted by atomic mass is 35.5. The second kappa shape index (κ2) is 7.97. The highest BCUT2D eigenvalue weighted by molar-refractivity contribution is 7.91. The van der Waals surface area contributed by atoms with E-state index in [1.807, 2.05) is 0 Å². The lowest BCUT2D eigenvalue weighted by molar-refractivity contribution is -0.0988. The van der Waals surface area contributed by atoms with Crippen LogP contribution in [0.1, 0.15) is 13.3 Å². The average Bonchev–Trinajstić information content (AvgIpc) is 2.34. The van der Waals surface area contributed by atoms with Gasteiger partial charge in [0.05, 0.1) is 44.5 Å². The Morgan fingerprint density at radius 3 is 2.21 bits per heavy atom. The zero-order valence-electron chi connectivity index (χ0n) is 10.8. The normalized spacial score (nSPS) is 31.2. The van der Waals surface area contributed by atoms with Crippen molar-refractivity contribution in [1.82, 2.24) is 3.94 Å². The molecule has 114 valence electrons. The van der Waals surface area contributed by atoms with E-state index < -0.39 is 15.6 Å². The second-order valence-corrected chi connectivity index (χ2v) is 7.54. The molecule has 0 amide bonds. The quantitative estimate of drug-likeness (QED) is 0.670. The smallest absolute Gasteiger partial charge is 0.152 e. The first-order valence-electron chi connectivity index (χ1n) is 5.97. The van der Waals surface area contributed by atoms with Crippen LogP contribution in [0.2, 0.25) is 0 Å². The Morgan fingerprint density at radius 2 is 1.58 bits per heavy atom. The summed E-state index contributed by atoms with van der Waals surface area (Å²) in [5.41, 5.74) is -1.06. The molecule has 0 bridgehead atoms. The van der Waals surface area contributed by atoms with Crippen molar-refractivity contribution < 1.29 is 22.6 Å². The molecule has 1 rings (SSSR count). The second-order valence-electron chi connectivity index (χ2n) is 4.38. The molecule has 0 aromatic heterocycles. The SMILES string of the molecule is CC1(N(Cl)Cl)CCS(=O)(=O)CCOCCOCCO1. The molecular weight excluding hydrogens is 317 g/mol. The first-order chi connectivity index (χ1) is 8.86. The van der Waals surface area contributed by atoms with Gasteiger partial charge in [0.2, 0.25) is 0 Å². The summed E-state index contributed by atoms with van der Waals surface area (Å²) in [5, 5.41) is 0. The van der Waals surface area contributed by atoms with Gasteiger partial charge < -0.3 is 14.2 Å². The Bertz CT molecular complexity index is 365. The van der Waals surface area contributed by atoms with Crippen LogP contribution in [0.25, 0.3) is 0 Å². The van der Waals surface area contributed by atoms with Gasteiger partial charge in [0.15, 0.2) is 9.84 Å². The molecule has 19 heavy (non-hydrogen) atoms. The highest BCUT2D eigenvalue weighted by Crippen LogP contribution is 2.26. The van der Waals surface area contributed by atoms with Crippen LogP contribution in [-0.4, -0.2) is 62.6 Å². The van der Waals surface area contributed by atoms with E-state index in [0.717, 1.165) is 3.94 Å². The summed E-state index contributed by atoms with van der Waals surface area (Å²) in [6, 6.07) is 0. The molecule has 0 aromatic rings. The van der Waals surface area contributed by atoms with Gasteiger partial charge in [-0.15, -0.1) is 0 Å². The summed E-state index contributed by atoms with van der Waals surface area (Å²) in [6.07, 6.45) is 0.169. The molecule has 1 aliphatic heterocycles. The van der Waals surface area contributed by atoms with Crippen molar-refractivity contribution in [3.8, 4) is 0 Å². The summed E-state index contributed by atoms with van der Waals surface area (Å²) in [4.78, 5) is 0. The number of ether oxygens (including phenoxy) is 3. The van der Waals surface area contributed by atoms with Crippen LogP contribution in [0.5, 0.6) is 0 Å². The van der Waals surface area contributed by atoms with Gasteiger partial charge in [-0.2, -0.15) is 0 Å². The van der Waals surface area contributed by atoms with E-state index in [-0.39, 0.29) is 31.1 Å². The minimum absolute atomic E-state index is 0.0341. The van der Waals surface area contributed by atoms with Crippen molar-refractivity contribution in [3.05, 3.63) is 0 Å². The third-order valence-corrected chi connectivity index (χ3v) is 5.12. The zero-order valence-corrected chi connectivity index (χ0v) is 13.1. The van der Waals surface area contributed by atoms with Crippen molar-refractivity contribution in [2.75, 3.05) is 44.5 Å². The predicted octanol–water partition coefficient (Wildman–Crippen LogP) is 1.18. The van der Waals surface area contributed by atoms with E-state index in [4.69, 9.17) is 37.8 Å². The summed E-state index contributed by atoms with van der Waals surface area (Å²) >= 11 is 11.5. The predicted molar refractivity (Wildman–Crippen MR) is 72.8 cm³/mol. The number of hydrogen-bond acceptors (Lipinski definition) is 6. The third kappa shape index (κ3) is 6.57. The van der Waals surface area contributed by atoms with Crippen LogP contribution >= 0.6 is 23.6 Å². The van der Waals surface area contributed by atoms with E-state index in [1.54, 1.807) is 6.92 Å². The Kier molecular flexibility index (Phi) is 7.31. The molecule has 1 aliphatic rings. The number of hydrogen-bond donors (Lipinski definition) is 0. The Morgan fingerprint density at radius 1 is 1.00 bits per heavy atom. The van der Waals surface area contributed by atoms with E-state index in [1.165, 1.54) is 0 Å². The molecular formula is C10H19Cl2NO5S. The van der Waals surface area contributed by atoms with E-state index >= 15 is 0 Å². The maximum atomic E-state index is 11.8. The number of nitrogens with zero attached hydrogens (tertiary/aromatic N) is 1. The standard InChI is InChI=1S/C10H19Cl2NO5S/c1-10(13(11)12)2-8-19(14,15)9-7-17-4-3-16-5-6-18-10/h2-9H2,1H3. The molecule has 1 unspecified atom stereocenters. The van der Waals surface area contributed by atoms with E-state index in [9.17, 15) is 8.42 Å². The van der Waals surface area contributed by atoms with Gasteiger partial charge in [-0.05, 0) is 30.5 Å². The third-order valence-electron chi connectivity index (χ3n) is 2.79. The van der Waals surface area contributed by atoms with Crippen LogP contribution in [-0.2, 0) is 24.0 Å². The summed E-state index contributed by atoms with van der Waals surface area (Å²) < 4.78 is 40.4. The fraction of sp³-hybridized carbons (Fsp3) is 1.00. The minimum Gasteiger partial charge on any atom is -0.378 e. The van der Waals surface area contributed by atoms with E-state index in [0.29, 0.717) is 19.8 Å². The molecule has 0 radical (unpaired) electrons. The van der Waals surface area contributed by atoms with Gasteiger partial charge in [-0.25, -0.2) is 8.42 Å². The molecule has 9 heteroatoms. The minimum atomic E-state index is -3.22. The van der Waals surface area contributed by atoms with Crippen molar-refractivity contribution in [2.24, 2.45) is 0 Å². The zero-order chi connectivity index (χ0) is 14.4. The first-order valence-corrected chi connectivity index (χ1v) is 8.47. The Balaban J connectivity index is 2.68. The molecule has 0 spiro atoms. The van der Waals surface area contributed by atoms with E-state index in [2.05, 4.69) is 0 Å². The van der Waals surface area contributed by atoms with Gasteiger partial charge in [0, 0.05) is 6.42 Å². The number of halogens is 2. The monoisotopic (exact) mass is 335 g/mol. The van der Waals surface area contributed by atoms with Crippen molar-refractivity contribution in [2.45, 2.75) is 19.1 Å². The lowest BCUT2D eigenvalue weighted by Crippen LogP contribution is -2.41. The maximum absolute atomic E-state index is 11.8. The first kappa shape index (κ1) is 17.4. The van der Waals surface area contributed by atoms with Crippen LogP contribution in [0.4, 0.5) is 0 Å². The number of sulfone groups is 1. The summed E-state index contributed by atoms with van der Waals surface area (Å²) in [6.45, 7) is 3.20. The molecule has 0 aromatic carbocycles. The maximum Gasteiger partial charge on any atom is 0.152 e.